The molecule has 7 unspecified atom stereocenters. The van der Waals surface area contributed by atoms with Crippen LogP contribution in [0.3, 0.4) is 0 Å². The molecule has 0 radical (unpaired) electrons. The van der Waals surface area contributed by atoms with E-state index in [4.69, 9.17) is 10.8 Å². The summed E-state index contributed by atoms with van der Waals surface area (Å²) in [4.78, 5) is 10.7. The third kappa shape index (κ3) is 3.60. The highest BCUT2D eigenvalue weighted by atomic mass is 16.2. The number of fused-ring (bicyclic) bond motifs is 5. The number of unbranched alkanes of at least 4 members (excludes halogenated alkanes) is 1. The van der Waals surface area contributed by atoms with Gasteiger partial charge in [0, 0.05) is 19.1 Å². The van der Waals surface area contributed by atoms with Crippen LogP contribution in [-0.4, -0.2) is 24.0 Å². The lowest BCUT2D eigenvalue weighted by Crippen LogP contribution is -2.67. The Hall–Kier alpha value is -0.410. The van der Waals surface area contributed by atoms with Crippen LogP contribution in [0, 0.1) is 34.5 Å². The minimum Gasteiger partial charge on any atom is -0.400 e. The SMILES string of the molecule is C.CC12CCCCC1CCC1(N)C2CCC2(C)C(CCCC=O)CCC21.CO. The van der Waals surface area contributed by atoms with Gasteiger partial charge in [0.1, 0.15) is 6.29 Å². The molecule has 3 N–H and O–H groups in total. The number of aldehydes is 1. The van der Waals surface area contributed by atoms with E-state index < -0.39 is 0 Å². The molecule has 7 atom stereocenters. The molecular weight excluding hydrogens is 346 g/mol. The van der Waals surface area contributed by atoms with Crippen LogP contribution in [0.1, 0.15) is 105 Å². The fourth-order valence-electron chi connectivity index (χ4n) is 8.54. The zero-order chi connectivity index (χ0) is 19.7. The van der Waals surface area contributed by atoms with Crippen molar-refractivity contribution in [3.8, 4) is 0 Å². The van der Waals surface area contributed by atoms with E-state index in [0.717, 1.165) is 49.9 Å². The van der Waals surface area contributed by atoms with E-state index >= 15 is 0 Å². The summed E-state index contributed by atoms with van der Waals surface area (Å²) in [6, 6.07) is 0. The maximum Gasteiger partial charge on any atom is 0.119 e. The second kappa shape index (κ2) is 9.16. The summed E-state index contributed by atoms with van der Waals surface area (Å²) in [6.07, 6.45) is 18.0. The van der Waals surface area contributed by atoms with Gasteiger partial charge in [-0.1, -0.05) is 34.1 Å². The molecule has 28 heavy (non-hydrogen) atoms. The molecule has 0 spiro atoms. The van der Waals surface area contributed by atoms with Crippen LogP contribution in [-0.2, 0) is 4.79 Å². The highest BCUT2D eigenvalue weighted by Gasteiger charge is 2.64. The van der Waals surface area contributed by atoms with Gasteiger partial charge in [-0.25, -0.2) is 0 Å². The Kier molecular flexibility index (Phi) is 7.81. The molecule has 0 aliphatic heterocycles. The average Bonchev–Trinajstić information content (AvgIpc) is 3.01. The Morgan fingerprint density at radius 1 is 0.929 bits per heavy atom. The molecule has 4 aliphatic carbocycles. The molecule has 0 aromatic carbocycles. The van der Waals surface area contributed by atoms with E-state index in [9.17, 15) is 4.79 Å². The van der Waals surface area contributed by atoms with Crippen molar-refractivity contribution in [3.05, 3.63) is 0 Å². The summed E-state index contributed by atoms with van der Waals surface area (Å²) in [6.45, 7) is 5.18. The zero-order valence-electron chi connectivity index (χ0n) is 18.0. The summed E-state index contributed by atoms with van der Waals surface area (Å²) in [7, 11) is 1.00. The van der Waals surface area contributed by atoms with Crippen molar-refractivity contribution in [1.82, 2.24) is 0 Å². The lowest BCUT2D eigenvalue weighted by molar-refractivity contribution is -0.126. The van der Waals surface area contributed by atoms with Gasteiger partial charge in [0.15, 0.2) is 0 Å². The van der Waals surface area contributed by atoms with Crippen LogP contribution in [0.25, 0.3) is 0 Å². The first kappa shape index (κ1) is 23.9. The molecule has 4 rings (SSSR count). The molecule has 0 bridgehead atoms. The van der Waals surface area contributed by atoms with Gasteiger partial charge in [0.25, 0.3) is 0 Å². The molecule has 0 saturated heterocycles. The van der Waals surface area contributed by atoms with Gasteiger partial charge in [0.05, 0.1) is 0 Å². The van der Waals surface area contributed by atoms with Crippen LogP contribution in [0.2, 0.25) is 0 Å². The second-order valence-electron chi connectivity index (χ2n) is 10.6. The Bertz CT molecular complexity index is 523. The van der Waals surface area contributed by atoms with Gasteiger partial charge >= 0.3 is 0 Å². The Morgan fingerprint density at radius 2 is 1.64 bits per heavy atom. The molecule has 164 valence electrons. The minimum atomic E-state index is 0. The molecule has 0 aromatic rings. The molecular formula is C25H47NO2. The number of hydrogen-bond acceptors (Lipinski definition) is 3. The maximum atomic E-state index is 10.7. The van der Waals surface area contributed by atoms with Crippen LogP contribution in [0.4, 0.5) is 0 Å². The first-order chi connectivity index (χ1) is 12.9. The first-order valence-electron chi connectivity index (χ1n) is 11.6. The zero-order valence-corrected chi connectivity index (χ0v) is 18.0. The van der Waals surface area contributed by atoms with Gasteiger partial charge < -0.3 is 15.6 Å². The monoisotopic (exact) mass is 393 g/mol. The van der Waals surface area contributed by atoms with Crippen molar-refractivity contribution >= 4 is 6.29 Å². The van der Waals surface area contributed by atoms with Gasteiger partial charge in [0.2, 0.25) is 0 Å². The van der Waals surface area contributed by atoms with E-state index in [1.807, 2.05) is 0 Å². The summed E-state index contributed by atoms with van der Waals surface area (Å²) in [5.41, 5.74) is 8.43. The number of nitrogens with two attached hydrogens (primary N) is 1. The lowest BCUT2D eigenvalue weighted by atomic mass is 9.42. The molecule has 3 nitrogen and oxygen atoms in total. The normalized spacial score (nSPS) is 46.8. The summed E-state index contributed by atoms with van der Waals surface area (Å²) < 4.78 is 0. The highest BCUT2D eigenvalue weighted by Crippen LogP contribution is 2.68. The Morgan fingerprint density at radius 3 is 2.36 bits per heavy atom. The van der Waals surface area contributed by atoms with Gasteiger partial charge in [-0.3, -0.25) is 0 Å². The van der Waals surface area contributed by atoms with Crippen LogP contribution in [0.15, 0.2) is 0 Å². The van der Waals surface area contributed by atoms with E-state index in [1.165, 1.54) is 70.6 Å². The lowest BCUT2D eigenvalue weighted by Gasteiger charge is -2.65. The van der Waals surface area contributed by atoms with E-state index in [-0.39, 0.29) is 13.0 Å². The average molecular weight is 394 g/mol. The van der Waals surface area contributed by atoms with Crippen LogP contribution >= 0.6 is 0 Å². The summed E-state index contributed by atoms with van der Waals surface area (Å²) >= 11 is 0. The standard InChI is InChI=1S/C23H39NO.CH4O.CH4/c1-21-13-5-3-7-18(21)11-15-23(24)19-10-9-17(8-4-6-16-25)22(19,2)14-12-20(21)23;1-2;/h16-20H,3-15,24H2,1-2H3;2H,1H3;1H4. The number of aliphatic hydroxyl groups is 1. The number of hydrogen-bond donors (Lipinski definition) is 2. The molecule has 0 amide bonds. The molecule has 4 aliphatic rings. The maximum absolute atomic E-state index is 10.7. The van der Waals surface area contributed by atoms with Crippen molar-refractivity contribution in [2.75, 3.05) is 7.11 Å². The molecule has 4 saturated carbocycles. The largest absolute Gasteiger partial charge is 0.400 e. The van der Waals surface area contributed by atoms with E-state index in [1.54, 1.807) is 0 Å². The molecule has 0 heterocycles. The molecule has 4 fully saturated rings. The van der Waals surface area contributed by atoms with Crippen molar-refractivity contribution in [3.63, 3.8) is 0 Å². The second-order valence-corrected chi connectivity index (χ2v) is 10.6. The summed E-state index contributed by atoms with van der Waals surface area (Å²) in [5, 5.41) is 7.00. The van der Waals surface area contributed by atoms with E-state index in [0.29, 0.717) is 10.8 Å². The number of carbonyl (C=O) groups is 1. The van der Waals surface area contributed by atoms with Crippen molar-refractivity contribution < 1.29 is 9.90 Å². The van der Waals surface area contributed by atoms with Gasteiger partial charge in [-0.2, -0.15) is 0 Å². The number of aliphatic hydroxyl groups excluding tert-OH is 1. The van der Waals surface area contributed by atoms with Crippen molar-refractivity contribution in [1.29, 1.82) is 0 Å². The Labute approximate surface area is 174 Å². The predicted octanol–water partition coefficient (Wildman–Crippen LogP) is 5.73. The molecule has 0 aromatic heterocycles. The van der Waals surface area contributed by atoms with Gasteiger partial charge in [-0.15, -0.1) is 0 Å². The number of rotatable bonds is 4. The van der Waals surface area contributed by atoms with Crippen molar-refractivity contribution in [2.24, 2.45) is 40.2 Å². The number of carbonyl (C=O) groups excluding carboxylic acids is 1. The van der Waals surface area contributed by atoms with Crippen LogP contribution in [0.5, 0.6) is 0 Å². The highest BCUT2D eigenvalue weighted by molar-refractivity contribution is 5.48. The van der Waals surface area contributed by atoms with Crippen LogP contribution < -0.4 is 5.73 Å². The molecule has 3 heteroatoms. The van der Waals surface area contributed by atoms with Crippen molar-refractivity contribution in [2.45, 2.75) is 110 Å². The quantitative estimate of drug-likeness (QED) is 0.473. The Balaban J connectivity index is 0.000000906. The fraction of sp³-hybridized carbons (Fsp3) is 0.960. The van der Waals surface area contributed by atoms with E-state index in [2.05, 4.69) is 13.8 Å². The fourth-order valence-corrected chi connectivity index (χ4v) is 8.54. The third-order valence-electron chi connectivity index (χ3n) is 9.85. The first-order valence-corrected chi connectivity index (χ1v) is 11.6. The predicted molar refractivity (Wildman–Crippen MR) is 118 cm³/mol. The smallest absolute Gasteiger partial charge is 0.119 e. The minimum absolute atomic E-state index is 0. The summed E-state index contributed by atoms with van der Waals surface area (Å²) in [5.74, 6) is 3.22. The van der Waals surface area contributed by atoms with Gasteiger partial charge in [-0.05, 0) is 98.7 Å². The third-order valence-corrected chi connectivity index (χ3v) is 9.85. The topological polar surface area (TPSA) is 63.3 Å².